The average molecular weight is 341 g/mol. The van der Waals surface area contributed by atoms with Crippen molar-refractivity contribution >= 4 is 11.7 Å². The van der Waals surface area contributed by atoms with Gasteiger partial charge in [-0.15, -0.1) is 0 Å². The summed E-state index contributed by atoms with van der Waals surface area (Å²) in [5, 5.41) is 7.22. The van der Waals surface area contributed by atoms with Crippen LogP contribution < -0.4 is 5.32 Å². The van der Waals surface area contributed by atoms with Crippen LogP contribution in [0.25, 0.3) is 5.78 Å². The Bertz CT molecular complexity index is 925. The molecule has 3 aromatic heterocycles. The minimum absolute atomic E-state index is 0.00300. The number of rotatable bonds is 5. The highest BCUT2D eigenvalue weighted by Gasteiger charge is 2.16. The van der Waals surface area contributed by atoms with Gasteiger partial charge in [-0.3, -0.25) is 4.79 Å². The third-order valence-electron chi connectivity index (χ3n) is 4.51. The Morgan fingerprint density at radius 1 is 1.32 bits per heavy atom. The Hall–Kier alpha value is -2.70. The molecular formula is C18H23N5O2. The molecule has 0 saturated heterocycles. The van der Waals surface area contributed by atoms with Gasteiger partial charge in [0.2, 0.25) is 5.91 Å². The maximum absolute atomic E-state index is 12.4. The van der Waals surface area contributed by atoms with Crippen molar-refractivity contribution in [3.8, 4) is 0 Å². The van der Waals surface area contributed by atoms with Gasteiger partial charge in [-0.25, -0.2) is 9.50 Å². The van der Waals surface area contributed by atoms with Crippen molar-refractivity contribution < 1.29 is 9.21 Å². The number of nitrogens with zero attached hydrogens (tertiary/aromatic N) is 4. The first-order valence-corrected chi connectivity index (χ1v) is 8.39. The zero-order valence-corrected chi connectivity index (χ0v) is 15.3. The van der Waals surface area contributed by atoms with Gasteiger partial charge in [0.25, 0.3) is 5.78 Å². The number of carbonyl (C=O) groups is 1. The third-order valence-corrected chi connectivity index (χ3v) is 4.51. The Labute approximate surface area is 146 Å². The topological polar surface area (TPSA) is 85.3 Å². The lowest BCUT2D eigenvalue weighted by molar-refractivity contribution is -0.121. The van der Waals surface area contributed by atoms with Crippen LogP contribution in [0.1, 0.15) is 53.4 Å². The van der Waals surface area contributed by atoms with E-state index in [0.29, 0.717) is 18.6 Å². The number of fused-ring (bicyclic) bond motifs is 1. The summed E-state index contributed by atoms with van der Waals surface area (Å²) < 4.78 is 7.24. The van der Waals surface area contributed by atoms with Gasteiger partial charge in [-0.2, -0.15) is 10.1 Å². The molecule has 1 atom stereocenters. The van der Waals surface area contributed by atoms with Gasteiger partial charge in [0.05, 0.1) is 6.04 Å². The molecule has 25 heavy (non-hydrogen) atoms. The molecule has 132 valence electrons. The second-order valence-electron chi connectivity index (χ2n) is 6.39. The normalized spacial score (nSPS) is 12.5. The predicted octanol–water partition coefficient (Wildman–Crippen LogP) is 2.76. The number of amides is 1. The maximum Gasteiger partial charge on any atom is 0.252 e. The van der Waals surface area contributed by atoms with E-state index in [0.717, 1.165) is 34.0 Å². The molecule has 7 heteroatoms. The Balaban J connectivity index is 1.67. The van der Waals surface area contributed by atoms with Crippen LogP contribution >= 0.6 is 0 Å². The van der Waals surface area contributed by atoms with Crippen LogP contribution in [0.3, 0.4) is 0 Å². The van der Waals surface area contributed by atoms with Crippen LogP contribution in [0.4, 0.5) is 0 Å². The molecule has 0 aromatic carbocycles. The van der Waals surface area contributed by atoms with Gasteiger partial charge >= 0.3 is 0 Å². The second kappa shape index (κ2) is 6.66. The zero-order chi connectivity index (χ0) is 18.1. The van der Waals surface area contributed by atoms with E-state index in [1.807, 2.05) is 40.7 Å². The molecule has 0 aliphatic rings. The fraction of sp³-hybridized carbons (Fsp3) is 0.444. The largest absolute Gasteiger partial charge is 0.466 e. The monoisotopic (exact) mass is 341 g/mol. The Morgan fingerprint density at radius 2 is 2.08 bits per heavy atom. The Kier molecular flexibility index (Phi) is 4.57. The van der Waals surface area contributed by atoms with Crippen LogP contribution in [0.2, 0.25) is 0 Å². The first-order valence-electron chi connectivity index (χ1n) is 8.39. The van der Waals surface area contributed by atoms with E-state index < -0.39 is 0 Å². The maximum atomic E-state index is 12.4. The first-order chi connectivity index (χ1) is 11.9. The summed E-state index contributed by atoms with van der Waals surface area (Å²) in [6.45, 7) is 9.70. The molecular weight excluding hydrogens is 318 g/mol. The van der Waals surface area contributed by atoms with E-state index in [1.165, 1.54) is 6.33 Å². The molecule has 1 unspecified atom stereocenters. The summed E-state index contributed by atoms with van der Waals surface area (Å²) in [6.07, 6.45) is 2.49. The van der Waals surface area contributed by atoms with Crippen LogP contribution in [-0.4, -0.2) is 25.5 Å². The van der Waals surface area contributed by atoms with Gasteiger partial charge < -0.3 is 9.73 Å². The fourth-order valence-electron chi connectivity index (χ4n) is 3.23. The smallest absolute Gasteiger partial charge is 0.252 e. The predicted molar refractivity (Wildman–Crippen MR) is 93.3 cm³/mol. The molecule has 3 heterocycles. The summed E-state index contributed by atoms with van der Waals surface area (Å²) >= 11 is 0. The molecule has 0 aliphatic heterocycles. The molecule has 0 saturated carbocycles. The second-order valence-corrected chi connectivity index (χ2v) is 6.39. The minimum atomic E-state index is -0.0805. The summed E-state index contributed by atoms with van der Waals surface area (Å²) in [7, 11) is 0. The number of nitrogens with one attached hydrogen (secondary N) is 1. The van der Waals surface area contributed by atoms with Crippen LogP contribution in [0.15, 0.2) is 16.8 Å². The van der Waals surface area contributed by atoms with E-state index in [1.54, 1.807) is 4.52 Å². The van der Waals surface area contributed by atoms with E-state index >= 15 is 0 Å². The number of furan rings is 1. The highest BCUT2D eigenvalue weighted by Crippen LogP contribution is 2.21. The summed E-state index contributed by atoms with van der Waals surface area (Å²) in [5.74, 6) is 2.29. The summed E-state index contributed by atoms with van der Waals surface area (Å²) in [5.41, 5.74) is 3.92. The Morgan fingerprint density at radius 3 is 2.76 bits per heavy atom. The van der Waals surface area contributed by atoms with Crippen molar-refractivity contribution in [3.05, 3.63) is 46.4 Å². The van der Waals surface area contributed by atoms with Gasteiger partial charge in [0.1, 0.15) is 17.8 Å². The molecule has 1 amide bonds. The molecule has 3 rings (SSSR count). The van der Waals surface area contributed by atoms with Gasteiger partial charge in [0, 0.05) is 23.4 Å². The van der Waals surface area contributed by atoms with Crippen molar-refractivity contribution in [3.63, 3.8) is 0 Å². The number of aromatic nitrogens is 4. The SMILES string of the molecule is Cc1cc(C(C)NC(=O)CCc2c(C)nc3ncnn3c2C)c(C)o1. The lowest BCUT2D eigenvalue weighted by Gasteiger charge is -2.14. The molecule has 0 radical (unpaired) electrons. The molecule has 0 bridgehead atoms. The molecule has 7 nitrogen and oxygen atoms in total. The van der Waals surface area contributed by atoms with Gasteiger partial charge in [0.15, 0.2) is 0 Å². The zero-order valence-electron chi connectivity index (χ0n) is 15.3. The van der Waals surface area contributed by atoms with Crippen molar-refractivity contribution in [1.29, 1.82) is 0 Å². The number of hydrogen-bond acceptors (Lipinski definition) is 5. The minimum Gasteiger partial charge on any atom is -0.466 e. The van der Waals surface area contributed by atoms with Crippen molar-refractivity contribution in [1.82, 2.24) is 24.9 Å². The van der Waals surface area contributed by atoms with Crippen LogP contribution in [0, 0.1) is 27.7 Å². The highest BCUT2D eigenvalue weighted by molar-refractivity contribution is 5.76. The molecule has 0 spiro atoms. The summed E-state index contributed by atoms with van der Waals surface area (Å²) in [4.78, 5) is 20.9. The average Bonchev–Trinajstić information content (AvgIpc) is 3.13. The molecule has 3 aromatic rings. The number of aryl methyl sites for hydroxylation is 4. The number of hydrogen-bond donors (Lipinski definition) is 1. The number of carbonyl (C=O) groups excluding carboxylic acids is 1. The van der Waals surface area contributed by atoms with Crippen molar-refractivity contribution in [2.45, 2.75) is 53.5 Å². The van der Waals surface area contributed by atoms with Crippen molar-refractivity contribution in [2.75, 3.05) is 0 Å². The van der Waals surface area contributed by atoms with E-state index in [2.05, 4.69) is 20.4 Å². The van der Waals surface area contributed by atoms with E-state index in [9.17, 15) is 4.79 Å². The lowest BCUT2D eigenvalue weighted by Crippen LogP contribution is -2.27. The van der Waals surface area contributed by atoms with Gasteiger partial charge in [-0.1, -0.05) is 0 Å². The van der Waals surface area contributed by atoms with Crippen LogP contribution in [0.5, 0.6) is 0 Å². The van der Waals surface area contributed by atoms with Crippen molar-refractivity contribution in [2.24, 2.45) is 0 Å². The molecule has 1 N–H and O–H groups in total. The third kappa shape index (κ3) is 3.40. The quantitative estimate of drug-likeness (QED) is 0.771. The first kappa shape index (κ1) is 17.1. The molecule has 0 fully saturated rings. The lowest BCUT2D eigenvalue weighted by atomic mass is 10.1. The van der Waals surface area contributed by atoms with E-state index in [-0.39, 0.29) is 11.9 Å². The summed E-state index contributed by atoms with van der Waals surface area (Å²) in [6, 6.07) is 1.89. The van der Waals surface area contributed by atoms with E-state index in [4.69, 9.17) is 4.42 Å². The molecule has 0 aliphatic carbocycles. The highest BCUT2D eigenvalue weighted by atomic mass is 16.3. The standard InChI is InChI=1S/C18H23N5O2/c1-10-8-16(14(5)25-10)12(3)21-17(24)7-6-15-11(2)22-18-19-9-20-23(18)13(15)4/h8-9,12H,6-7H2,1-5H3,(H,21,24). The van der Waals surface area contributed by atoms with Gasteiger partial charge in [-0.05, 0) is 52.7 Å². The van der Waals surface area contributed by atoms with Crippen LogP contribution in [-0.2, 0) is 11.2 Å². The fourth-order valence-corrected chi connectivity index (χ4v) is 3.23.